The zero-order valence-corrected chi connectivity index (χ0v) is 14.5. The number of nitrogens with two attached hydrogens (primary N) is 1. The van der Waals surface area contributed by atoms with Gasteiger partial charge in [0.2, 0.25) is 0 Å². The molecule has 0 aromatic rings. The Bertz CT molecular complexity index is 343. The monoisotopic (exact) mass is 419 g/mol. The molecule has 2 fully saturated rings. The molecule has 0 aromatic heterocycles. The molecule has 21 heavy (non-hydrogen) atoms. The van der Waals surface area contributed by atoms with Crippen molar-refractivity contribution in [3.05, 3.63) is 0 Å². The third kappa shape index (κ3) is 5.83. The predicted octanol–water partition coefficient (Wildman–Crippen LogP) is 3.68. The molecule has 2 saturated carbocycles. The molecule has 2 rings (SSSR count). The number of hydrogen-bond acceptors (Lipinski definition) is 1. The molecule has 3 N–H and O–H groups in total. The molecule has 2 unspecified atom stereocenters. The van der Waals surface area contributed by atoms with Crippen LogP contribution in [0.25, 0.3) is 0 Å². The minimum Gasteiger partial charge on any atom is -0.370 e. The van der Waals surface area contributed by atoms with Gasteiger partial charge < -0.3 is 11.1 Å². The lowest BCUT2D eigenvalue weighted by Gasteiger charge is -2.33. The first-order valence-electron chi connectivity index (χ1n) is 7.57. The van der Waals surface area contributed by atoms with Crippen molar-refractivity contribution in [3.63, 3.8) is 0 Å². The van der Waals surface area contributed by atoms with E-state index in [1.165, 1.54) is 19.3 Å². The van der Waals surface area contributed by atoms with E-state index in [0.29, 0.717) is 31.3 Å². The Kier molecular flexibility index (Phi) is 7.56. The van der Waals surface area contributed by atoms with E-state index in [9.17, 15) is 13.2 Å². The first kappa shape index (κ1) is 18.8. The van der Waals surface area contributed by atoms with Crippen molar-refractivity contribution >= 4 is 29.9 Å². The summed E-state index contributed by atoms with van der Waals surface area (Å²) < 4.78 is 38.8. The molecule has 0 spiro atoms. The Morgan fingerprint density at radius 3 is 2.33 bits per heavy atom. The molecule has 2 atom stereocenters. The van der Waals surface area contributed by atoms with Gasteiger partial charge >= 0.3 is 6.18 Å². The zero-order valence-electron chi connectivity index (χ0n) is 12.2. The summed E-state index contributed by atoms with van der Waals surface area (Å²) in [5.74, 6) is -0.652. The van der Waals surface area contributed by atoms with Crippen LogP contribution in [0.5, 0.6) is 0 Å². The number of halogens is 4. The molecule has 2 aliphatic carbocycles. The highest BCUT2D eigenvalue weighted by Crippen LogP contribution is 2.41. The third-order valence-corrected chi connectivity index (χ3v) is 4.62. The highest BCUT2D eigenvalue weighted by molar-refractivity contribution is 14.0. The van der Waals surface area contributed by atoms with Crippen LogP contribution in [0, 0.1) is 17.8 Å². The number of hydrogen-bond donors (Lipinski definition) is 2. The summed E-state index contributed by atoms with van der Waals surface area (Å²) in [6.07, 6.45) is 1.95. The molecular formula is C14H25F3IN3. The number of rotatable bonds is 4. The number of nitrogens with zero attached hydrogens (tertiary/aromatic N) is 1. The van der Waals surface area contributed by atoms with Crippen LogP contribution in [0.3, 0.4) is 0 Å². The van der Waals surface area contributed by atoms with Crippen LogP contribution >= 0.6 is 24.0 Å². The van der Waals surface area contributed by atoms with E-state index in [4.69, 9.17) is 5.73 Å². The summed E-state index contributed by atoms with van der Waals surface area (Å²) in [4.78, 5) is 4.22. The largest absolute Gasteiger partial charge is 0.392 e. The second-order valence-corrected chi connectivity index (χ2v) is 6.10. The number of aliphatic imine (C=N–C) groups is 1. The maximum absolute atomic E-state index is 12.9. The molecule has 0 aromatic carbocycles. The van der Waals surface area contributed by atoms with E-state index in [0.717, 1.165) is 6.42 Å². The standard InChI is InChI=1S/C14H24F3N3.HI/c15-14(16,17)12-7-2-1-6-11(12)9-20-13(18)19-8-10-4-3-5-10;/h10-12H,1-9H2,(H3,18,19,20);1H. The summed E-state index contributed by atoms with van der Waals surface area (Å²) in [5.41, 5.74) is 5.73. The molecule has 3 nitrogen and oxygen atoms in total. The van der Waals surface area contributed by atoms with Gasteiger partial charge in [0, 0.05) is 13.1 Å². The van der Waals surface area contributed by atoms with Crippen molar-refractivity contribution in [1.29, 1.82) is 0 Å². The Hall–Kier alpha value is -0.210. The van der Waals surface area contributed by atoms with Gasteiger partial charge in [-0.1, -0.05) is 19.3 Å². The second kappa shape index (κ2) is 8.43. The maximum atomic E-state index is 12.9. The van der Waals surface area contributed by atoms with Crippen LogP contribution in [0.2, 0.25) is 0 Å². The molecule has 0 saturated heterocycles. The van der Waals surface area contributed by atoms with Crippen molar-refractivity contribution in [1.82, 2.24) is 5.32 Å². The van der Waals surface area contributed by atoms with Gasteiger partial charge in [-0.05, 0) is 37.5 Å². The minimum atomic E-state index is -4.09. The van der Waals surface area contributed by atoms with Crippen molar-refractivity contribution in [2.45, 2.75) is 51.1 Å². The molecule has 0 bridgehead atoms. The van der Waals surface area contributed by atoms with Crippen LogP contribution in [0.4, 0.5) is 13.2 Å². The van der Waals surface area contributed by atoms with Gasteiger partial charge in [0.25, 0.3) is 0 Å². The van der Waals surface area contributed by atoms with Gasteiger partial charge in [0.15, 0.2) is 5.96 Å². The van der Waals surface area contributed by atoms with Gasteiger partial charge in [0.05, 0.1) is 5.92 Å². The Labute approximate surface area is 141 Å². The Morgan fingerprint density at radius 2 is 1.76 bits per heavy atom. The zero-order chi connectivity index (χ0) is 14.6. The summed E-state index contributed by atoms with van der Waals surface area (Å²) >= 11 is 0. The van der Waals surface area contributed by atoms with E-state index in [1.807, 2.05) is 0 Å². The summed E-state index contributed by atoms with van der Waals surface area (Å²) in [7, 11) is 0. The average molecular weight is 419 g/mol. The minimum absolute atomic E-state index is 0. The summed E-state index contributed by atoms with van der Waals surface area (Å²) in [6.45, 7) is 0.983. The van der Waals surface area contributed by atoms with Crippen LogP contribution < -0.4 is 11.1 Å². The van der Waals surface area contributed by atoms with Crippen molar-refractivity contribution in [2.75, 3.05) is 13.1 Å². The van der Waals surface area contributed by atoms with Crippen molar-refractivity contribution in [2.24, 2.45) is 28.5 Å². The number of alkyl halides is 3. The molecule has 0 heterocycles. The molecule has 0 aliphatic heterocycles. The lowest BCUT2D eigenvalue weighted by atomic mass is 9.79. The van der Waals surface area contributed by atoms with E-state index in [-0.39, 0.29) is 42.9 Å². The second-order valence-electron chi connectivity index (χ2n) is 6.10. The van der Waals surface area contributed by atoms with E-state index in [1.54, 1.807) is 0 Å². The normalized spacial score (nSPS) is 27.7. The fraction of sp³-hybridized carbons (Fsp3) is 0.929. The van der Waals surface area contributed by atoms with Crippen LogP contribution in [0.1, 0.15) is 44.9 Å². The molecule has 0 amide bonds. The molecule has 124 valence electrons. The quantitative estimate of drug-likeness (QED) is 0.415. The average Bonchev–Trinajstić information content (AvgIpc) is 2.34. The molecule has 2 aliphatic rings. The fourth-order valence-electron chi connectivity index (χ4n) is 3.08. The van der Waals surface area contributed by atoms with E-state index in [2.05, 4.69) is 10.3 Å². The van der Waals surface area contributed by atoms with Gasteiger partial charge in [-0.2, -0.15) is 13.2 Å². The number of nitrogens with one attached hydrogen (secondary N) is 1. The molecule has 0 radical (unpaired) electrons. The van der Waals surface area contributed by atoms with E-state index < -0.39 is 12.1 Å². The van der Waals surface area contributed by atoms with Crippen LogP contribution in [0.15, 0.2) is 4.99 Å². The molecule has 7 heteroatoms. The van der Waals surface area contributed by atoms with Gasteiger partial charge in [-0.25, -0.2) is 0 Å². The van der Waals surface area contributed by atoms with Gasteiger partial charge in [-0.3, -0.25) is 4.99 Å². The predicted molar refractivity (Wildman–Crippen MR) is 88.8 cm³/mol. The lowest BCUT2D eigenvalue weighted by Crippen LogP contribution is -2.42. The lowest BCUT2D eigenvalue weighted by molar-refractivity contribution is -0.195. The highest BCUT2D eigenvalue weighted by atomic mass is 127. The van der Waals surface area contributed by atoms with Crippen LogP contribution in [-0.4, -0.2) is 25.2 Å². The third-order valence-electron chi connectivity index (χ3n) is 4.62. The van der Waals surface area contributed by atoms with Crippen LogP contribution in [-0.2, 0) is 0 Å². The maximum Gasteiger partial charge on any atom is 0.392 e. The van der Waals surface area contributed by atoms with Gasteiger partial charge in [0.1, 0.15) is 0 Å². The highest BCUT2D eigenvalue weighted by Gasteiger charge is 2.45. The summed E-state index contributed by atoms with van der Waals surface area (Å²) in [5, 5.41) is 2.89. The summed E-state index contributed by atoms with van der Waals surface area (Å²) in [6, 6.07) is 0. The first-order valence-corrected chi connectivity index (χ1v) is 7.57. The van der Waals surface area contributed by atoms with Crippen molar-refractivity contribution in [3.8, 4) is 0 Å². The Morgan fingerprint density at radius 1 is 1.10 bits per heavy atom. The SMILES string of the molecule is I.NC(=NCC1CCC1)NCC1CCCCC1C(F)(F)F. The molecular weight excluding hydrogens is 394 g/mol. The fourth-order valence-corrected chi connectivity index (χ4v) is 3.08. The first-order chi connectivity index (χ1) is 9.47. The topological polar surface area (TPSA) is 50.4 Å². The van der Waals surface area contributed by atoms with Crippen molar-refractivity contribution < 1.29 is 13.2 Å². The Balaban J connectivity index is 0.00000220. The van der Waals surface area contributed by atoms with E-state index >= 15 is 0 Å². The van der Waals surface area contributed by atoms with Gasteiger partial charge in [-0.15, -0.1) is 24.0 Å². The number of guanidine groups is 1. The smallest absolute Gasteiger partial charge is 0.370 e.